The molecule has 1 aliphatic carbocycles. The molecule has 22 heavy (non-hydrogen) atoms. The highest BCUT2D eigenvalue weighted by Gasteiger charge is 2.32. The predicted octanol–water partition coefficient (Wildman–Crippen LogP) is 1.78. The summed E-state index contributed by atoms with van der Waals surface area (Å²) in [5.74, 6) is 0. The van der Waals surface area contributed by atoms with Gasteiger partial charge in [-0.3, -0.25) is 9.80 Å². The lowest BCUT2D eigenvalue weighted by Gasteiger charge is -2.43. The number of piperidine rings is 1. The van der Waals surface area contributed by atoms with E-state index >= 15 is 0 Å². The number of piperazine rings is 1. The summed E-state index contributed by atoms with van der Waals surface area (Å²) < 4.78 is 0. The quantitative estimate of drug-likeness (QED) is 0.857. The van der Waals surface area contributed by atoms with Crippen LogP contribution in [-0.2, 0) is 0 Å². The molecule has 2 saturated heterocycles. The van der Waals surface area contributed by atoms with Gasteiger partial charge in [-0.15, -0.1) is 0 Å². The lowest BCUT2D eigenvalue weighted by Crippen LogP contribution is -2.54. The molecule has 0 aromatic heterocycles. The first-order valence-electron chi connectivity index (χ1n) is 9.52. The molecule has 3 fully saturated rings. The van der Waals surface area contributed by atoms with Crippen LogP contribution < -0.4 is 0 Å². The van der Waals surface area contributed by atoms with E-state index in [1.807, 2.05) is 0 Å². The second-order valence-electron chi connectivity index (χ2n) is 7.99. The van der Waals surface area contributed by atoms with Crippen LogP contribution in [0.1, 0.15) is 51.4 Å². The highest BCUT2D eigenvalue weighted by atomic mass is 16.3. The molecule has 1 N–H and O–H groups in total. The molecule has 4 heteroatoms. The molecule has 0 radical (unpaired) electrons. The summed E-state index contributed by atoms with van der Waals surface area (Å²) in [6, 6.07) is 0.767. The average Bonchev–Trinajstić information content (AvgIpc) is 2.52. The Morgan fingerprint density at radius 1 is 0.864 bits per heavy atom. The van der Waals surface area contributed by atoms with E-state index in [0.29, 0.717) is 0 Å². The fraction of sp³-hybridized carbons (Fsp3) is 1.00. The van der Waals surface area contributed by atoms with Crippen molar-refractivity contribution in [1.29, 1.82) is 0 Å². The lowest BCUT2D eigenvalue weighted by atomic mass is 9.84. The van der Waals surface area contributed by atoms with Gasteiger partial charge in [0.1, 0.15) is 0 Å². The fourth-order valence-electron chi connectivity index (χ4n) is 4.59. The van der Waals surface area contributed by atoms with Gasteiger partial charge >= 0.3 is 0 Å². The number of hydrogen-bond acceptors (Lipinski definition) is 4. The number of likely N-dealkylation sites (tertiary alicyclic amines) is 1. The van der Waals surface area contributed by atoms with Crippen molar-refractivity contribution >= 4 is 0 Å². The summed E-state index contributed by atoms with van der Waals surface area (Å²) in [7, 11) is 2.29. The first-order chi connectivity index (χ1) is 10.6. The topological polar surface area (TPSA) is 30.0 Å². The summed E-state index contributed by atoms with van der Waals surface area (Å²) in [6.45, 7) is 8.06. The van der Waals surface area contributed by atoms with Gasteiger partial charge in [-0.2, -0.15) is 0 Å². The molecule has 3 rings (SSSR count). The Balaban J connectivity index is 1.40. The van der Waals surface area contributed by atoms with Gasteiger partial charge in [0.05, 0.1) is 5.60 Å². The second kappa shape index (κ2) is 7.61. The van der Waals surface area contributed by atoms with Gasteiger partial charge in [0.2, 0.25) is 0 Å². The third-order valence-electron chi connectivity index (χ3n) is 6.16. The zero-order valence-corrected chi connectivity index (χ0v) is 14.5. The monoisotopic (exact) mass is 309 g/mol. The molecular weight excluding hydrogens is 274 g/mol. The second-order valence-corrected chi connectivity index (χ2v) is 7.99. The number of likely N-dealkylation sites (N-methyl/N-ethyl adjacent to an activating group) is 1. The van der Waals surface area contributed by atoms with Crippen LogP contribution in [0.15, 0.2) is 0 Å². The first kappa shape index (κ1) is 16.7. The van der Waals surface area contributed by atoms with Crippen LogP contribution in [0.2, 0.25) is 0 Å². The van der Waals surface area contributed by atoms with Gasteiger partial charge < -0.3 is 10.0 Å². The van der Waals surface area contributed by atoms with E-state index in [9.17, 15) is 5.11 Å². The standard InChI is InChI=1S/C18H35N3O/c1-19-10-6-3-7-17(19)15-20-11-13-21(14-12-20)16-18(22)8-4-2-5-9-18/h17,22H,2-16H2,1H3. The summed E-state index contributed by atoms with van der Waals surface area (Å²) in [5.41, 5.74) is -0.385. The summed E-state index contributed by atoms with van der Waals surface area (Å²) in [5, 5.41) is 10.7. The van der Waals surface area contributed by atoms with Gasteiger partial charge in [0, 0.05) is 45.3 Å². The number of aliphatic hydroxyl groups is 1. The van der Waals surface area contributed by atoms with Crippen LogP contribution in [0.5, 0.6) is 0 Å². The number of rotatable bonds is 4. The highest BCUT2D eigenvalue weighted by molar-refractivity contribution is 4.88. The van der Waals surface area contributed by atoms with Gasteiger partial charge in [-0.05, 0) is 39.3 Å². The lowest BCUT2D eigenvalue weighted by molar-refractivity contribution is -0.0370. The van der Waals surface area contributed by atoms with Crippen LogP contribution in [-0.4, -0.2) is 84.3 Å². The zero-order chi connectivity index (χ0) is 15.4. The molecule has 2 aliphatic heterocycles. The maximum absolute atomic E-state index is 10.7. The maximum atomic E-state index is 10.7. The zero-order valence-electron chi connectivity index (χ0n) is 14.5. The average molecular weight is 309 g/mol. The number of β-amino-alcohol motifs (C(OH)–C–C–N with tert-alkyl or cyclic N) is 1. The normalized spacial score (nSPS) is 32.2. The van der Waals surface area contributed by atoms with E-state index in [4.69, 9.17) is 0 Å². The molecule has 0 aromatic rings. The third-order valence-corrected chi connectivity index (χ3v) is 6.16. The molecule has 128 valence electrons. The van der Waals surface area contributed by atoms with Gasteiger partial charge in [-0.1, -0.05) is 25.7 Å². The van der Waals surface area contributed by atoms with Crippen LogP contribution in [0.4, 0.5) is 0 Å². The van der Waals surface area contributed by atoms with Crippen LogP contribution in [0, 0.1) is 0 Å². The maximum Gasteiger partial charge on any atom is 0.0774 e. The molecule has 0 bridgehead atoms. The molecular formula is C18H35N3O. The van der Waals surface area contributed by atoms with E-state index in [0.717, 1.165) is 38.5 Å². The van der Waals surface area contributed by atoms with Crippen molar-refractivity contribution < 1.29 is 5.11 Å². The molecule has 1 saturated carbocycles. The van der Waals surface area contributed by atoms with E-state index < -0.39 is 0 Å². The predicted molar refractivity (Wildman–Crippen MR) is 91.2 cm³/mol. The smallest absolute Gasteiger partial charge is 0.0774 e. The largest absolute Gasteiger partial charge is 0.389 e. The molecule has 1 atom stereocenters. The fourth-order valence-corrected chi connectivity index (χ4v) is 4.59. The molecule has 0 spiro atoms. The first-order valence-corrected chi connectivity index (χ1v) is 9.52. The summed E-state index contributed by atoms with van der Waals surface area (Å²) in [4.78, 5) is 7.71. The van der Waals surface area contributed by atoms with Crippen LogP contribution >= 0.6 is 0 Å². The van der Waals surface area contributed by atoms with Crippen molar-refractivity contribution in [2.45, 2.75) is 63.0 Å². The van der Waals surface area contributed by atoms with E-state index in [1.165, 1.54) is 64.7 Å². The molecule has 0 amide bonds. The van der Waals surface area contributed by atoms with Gasteiger partial charge in [0.25, 0.3) is 0 Å². The number of nitrogens with zero attached hydrogens (tertiary/aromatic N) is 3. The summed E-state index contributed by atoms with van der Waals surface area (Å²) in [6.07, 6.45) is 9.91. The Hall–Kier alpha value is -0.160. The molecule has 3 aliphatic rings. The summed E-state index contributed by atoms with van der Waals surface area (Å²) >= 11 is 0. The minimum Gasteiger partial charge on any atom is -0.389 e. The highest BCUT2D eigenvalue weighted by Crippen LogP contribution is 2.29. The Labute approximate surface area is 136 Å². The van der Waals surface area contributed by atoms with E-state index in [2.05, 4.69) is 21.7 Å². The van der Waals surface area contributed by atoms with Crippen molar-refractivity contribution in [2.75, 3.05) is 52.9 Å². The molecule has 2 heterocycles. The van der Waals surface area contributed by atoms with E-state index in [-0.39, 0.29) is 5.60 Å². The van der Waals surface area contributed by atoms with Gasteiger partial charge in [0.15, 0.2) is 0 Å². The van der Waals surface area contributed by atoms with E-state index in [1.54, 1.807) is 0 Å². The van der Waals surface area contributed by atoms with Crippen molar-refractivity contribution in [3.63, 3.8) is 0 Å². The third kappa shape index (κ3) is 4.44. The number of hydrogen-bond donors (Lipinski definition) is 1. The van der Waals surface area contributed by atoms with Crippen molar-refractivity contribution in [2.24, 2.45) is 0 Å². The van der Waals surface area contributed by atoms with Crippen LogP contribution in [0.25, 0.3) is 0 Å². The molecule has 4 nitrogen and oxygen atoms in total. The van der Waals surface area contributed by atoms with Crippen molar-refractivity contribution in [3.8, 4) is 0 Å². The minimum atomic E-state index is -0.385. The van der Waals surface area contributed by atoms with Crippen molar-refractivity contribution in [3.05, 3.63) is 0 Å². The van der Waals surface area contributed by atoms with Gasteiger partial charge in [-0.25, -0.2) is 0 Å². The molecule has 0 aromatic carbocycles. The SMILES string of the molecule is CN1CCCCC1CN1CCN(CC2(O)CCCCC2)CC1. The van der Waals surface area contributed by atoms with Crippen LogP contribution in [0.3, 0.4) is 0 Å². The molecule has 1 unspecified atom stereocenters. The Morgan fingerprint density at radius 3 is 2.23 bits per heavy atom. The Bertz CT molecular complexity index is 335. The Kier molecular flexibility index (Phi) is 5.77. The Morgan fingerprint density at radius 2 is 1.55 bits per heavy atom. The van der Waals surface area contributed by atoms with Crippen molar-refractivity contribution in [1.82, 2.24) is 14.7 Å². The minimum absolute atomic E-state index is 0.385.